The number of carbonyl (C=O) groups is 1. The van der Waals surface area contributed by atoms with Crippen LogP contribution < -0.4 is 0 Å². The predicted molar refractivity (Wildman–Crippen MR) is 230 cm³/mol. The second-order valence-electron chi connectivity index (χ2n) is 17.0. The third-order valence-corrected chi connectivity index (χ3v) is 12.5. The number of carbonyl (C=O) groups excluding carboxylic acids is 1. The lowest BCUT2D eigenvalue weighted by Crippen LogP contribution is -2.64. The third-order valence-electron chi connectivity index (χ3n) is 11.5. The smallest absolute Gasteiger partial charge is 0.457 e. The summed E-state index contributed by atoms with van der Waals surface area (Å²) in [5.74, 6) is -0.471. The average Bonchev–Trinajstić information content (AvgIpc) is 3.21. The van der Waals surface area contributed by atoms with E-state index < -0.39 is 63.1 Å². The van der Waals surface area contributed by atoms with E-state index in [1.807, 2.05) is 0 Å². The van der Waals surface area contributed by atoms with E-state index >= 15 is 0 Å². The van der Waals surface area contributed by atoms with Crippen LogP contribution in [0.25, 0.3) is 0 Å². The van der Waals surface area contributed by atoms with Crippen molar-refractivity contribution >= 4 is 13.8 Å². The molecular weight excluding hydrogens is 763 g/mol. The van der Waals surface area contributed by atoms with Gasteiger partial charge in [0.2, 0.25) is 0 Å². The summed E-state index contributed by atoms with van der Waals surface area (Å²) in [4.78, 5) is 23.1. The van der Waals surface area contributed by atoms with Gasteiger partial charge >= 0.3 is 13.8 Å². The highest BCUT2D eigenvalue weighted by molar-refractivity contribution is 7.47. The molecule has 0 aliphatic heterocycles. The molecule has 0 saturated heterocycles. The second kappa shape index (κ2) is 36.9. The van der Waals surface area contributed by atoms with Gasteiger partial charge in [0.15, 0.2) is 0 Å². The van der Waals surface area contributed by atoms with E-state index in [9.17, 15) is 39.8 Å². The Morgan fingerprint density at radius 3 is 1.19 bits per heavy atom. The standard InChI is InChI=1S/C45H89O12P/c1-3-5-7-9-11-13-15-16-17-18-19-20-21-22-23-24-25-26-28-30-32-34-39(46)56-38(36-54-35-33-31-29-27-14-12-10-8-6-4-2)37-55-58(52,53)57-45-43(50)41(48)40(47)42(49)44(45)51/h38,40-45,47-51H,3-37H2,1-2H3,(H,52,53). The van der Waals surface area contributed by atoms with E-state index in [4.69, 9.17) is 18.5 Å². The molecule has 1 rings (SSSR count). The fraction of sp³-hybridized carbons (Fsp3) is 0.978. The molecule has 12 nitrogen and oxygen atoms in total. The van der Waals surface area contributed by atoms with Gasteiger partial charge in [0.25, 0.3) is 0 Å². The SMILES string of the molecule is CCCCCCCCCCCCCCCCCCCCCCCC(=O)OC(COCCCCCCCCCCCC)COP(=O)(O)OC1C(O)C(O)C(O)C(O)C1O. The number of unbranched alkanes of at least 4 members (excludes halogenated alkanes) is 29. The summed E-state index contributed by atoms with van der Waals surface area (Å²) in [6.45, 7) is 4.28. The van der Waals surface area contributed by atoms with Crippen molar-refractivity contribution in [3.05, 3.63) is 0 Å². The van der Waals surface area contributed by atoms with Crippen LogP contribution in [0, 0.1) is 0 Å². The number of aliphatic hydroxyl groups excluding tert-OH is 5. The Balaban J connectivity index is 2.30. The van der Waals surface area contributed by atoms with Gasteiger partial charge in [-0.05, 0) is 12.8 Å². The van der Waals surface area contributed by atoms with Crippen molar-refractivity contribution in [3.8, 4) is 0 Å². The van der Waals surface area contributed by atoms with E-state index in [2.05, 4.69) is 13.8 Å². The molecule has 0 amide bonds. The number of hydrogen-bond donors (Lipinski definition) is 6. The Labute approximate surface area is 353 Å². The van der Waals surface area contributed by atoms with Crippen LogP contribution in [-0.4, -0.2) is 98.9 Å². The molecule has 0 aromatic rings. The molecule has 6 N–H and O–H groups in total. The number of phosphoric ester groups is 1. The highest BCUT2D eigenvalue weighted by Crippen LogP contribution is 2.47. The molecule has 6 unspecified atom stereocenters. The summed E-state index contributed by atoms with van der Waals surface area (Å²) in [7, 11) is -5.01. The molecular formula is C45H89O12P. The molecule has 346 valence electrons. The number of phosphoric acid groups is 1. The fourth-order valence-corrected chi connectivity index (χ4v) is 8.62. The zero-order valence-electron chi connectivity index (χ0n) is 36.9. The van der Waals surface area contributed by atoms with Crippen LogP contribution in [0.5, 0.6) is 0 Å². The molecule has 6 atom stereocenters. The van der Waals surface area contributed by atoms with Crippen LogP contribution in [-0.2, 0) is 27.9 Å². The summed E-state index contributed by atoms with van der Waals surface area (Å²) in [6, 6.07) is 0. The van der Waals surface area contributed by atoms with Crippen LogP contribution in [0.4, 0.5) is 0 Å². The number of rotatable bonds is 41. The molecule has 13 heteroatoms. The Morgan fingerprint density at radius 2 is 0.810 bits per heavy atom. The highest BCUT2D eigenvalue weighted by Gasteiger charge is 2.51. The van der Waals surface area contributed by atoms with E-state index in [-0.39, 0.29) is 13.0 Å². The topological polar surface area (TPSA) is 192 Å². The molecule has 0 heterocycles. The molecule has 1 saturated carbocycles. The first kappa shape index (κ1) is 55.4. The Hall–Kier alpha value is -0.660. The van der Waals surface area contributed by atoms with E-state index in [1.54, 1.807) is 0 Å². The molecule has 1 fully saturated rings. The lowest BCUT2D eigenvalue weighted by atomic mass is 9.85. The Morgan fingerprint density at radius 1 is 0.483 bits per heavy atom. The predicted octanol–water partition coefficient (Wildman–Crippen LogP) is 9.76. The number of esters is 1. The molecule has 0 aromatic carbocycles. The summed E-state index contributed by atoms with van der Waals surface area (Å²) in [5.41, 5.74) is 0. The van der Waals surface area contributed by atoms with Crippen LogP contribution in [0.3, 0.4) is 0 Å². The van der Waals surface area contributed by atoms with Crippen molar-refractivity contribution in [1.29, 1.82) is 0 Å². The van der Waals surface area contributed by atoms with Crippen LogP contribution in [0.15, 0.2) is 0 Å². The Bertz CT molecular complexity index is 973. The van der Waals surface area contributed by atoms with Crippen LogP contribution in [0.1, 0.15) is 219 Å². The zero-order chi connectivity index (χ0) is 42.7. The summed E-state index contributed by atoms with van der Waals surface area (Å²) in [6.07, 6.45) is 26.1. The number of aliphatic hydroxyl groups is 5. The lowest BCUT2D eigenvalue weighted by molar-refractivity contribution is -0.220. The van der Waals surface area contributed by atoms with Gasteiger partial charge in [-0.2, -0.15) is 0 Å². The summed E-state index contributed by atoms with van der Waals surface area (Å²) < 4.78 is 34.1. The van der Waals surface area contributed by atoms with Crippen molar-refractivity contribution in [2.24, 2.45) is 0 Å². The van der Waals surface area contributed by atoms with Crippen molar-refractivity contribution in [3.63, 3.8) is 0 Å². The van der Waals surface area contributed by atoms with Gasteiger partial charge in [0, 0.05) is 13.0 Å². The van der Waals surface area contributed by atoms with Gasteiger partial charge in [-0.1, -0.05) is 200 Å². The maximum absolute atomic E-state index is 12.8. The second-order valence-corrected chi connectivity index (χ2v) is 18.4. The minimum Gasteiger partial charge on any atom is -0.457 e. The van der Waals surface area contributed by atoms with Gasteiger partial charge < -0.3 is 39.9 Å². The van der Waals surface area contributed by atoms with E-state index in [1.165, 1.54) is 154 Å². The quantitative estimate of drug-likeness (QED) is 0.0194. The number of hydrogen-bond acceptors (Lipinski definition) is 11. The molecule has 0 aromatic heterocycles. The van der Waals surface area contributed by atoms with Crippen molar-refractivity contribution in [2.45, 2.75) is 262 Å². The Kier molecular flexibility index (Phi) is 35.3. The average molecular weight is 853 g/mol. The molecule has 0 spiro atoms. The van der Waals surface area contributed by atoms with E-state index in [0.717, 1.165) is 38.5 Å². The minimum atomic E-state index is -5.01. The first-order valence-corrected chi connectivity index (χ1v) is 25.4. The molecule has 1 aliphatic carbocycles. The zero-order valence-corrected chi connectivity index (χ0v) is 37.8. The van der Waals surface area contributed by atoms with Gasteiger partial charge in [-0.3, -0.25) is 13.8 Å². The van der Waals surface area contributed by atoms with Crippen molar-refractivity contribution in [1.82, 2.24) is 0 Å². The maximum Gasteiger partial charge on any atom is 0.472 e. The molecule has 0 bridgehead atoms. The highest BCUT2D eigenvalue weighted by atomic mass is 31.2. The first-order valence-electron chi connectivity index (χ1n) is 23.9. The minimum absolute atomic E-state index is 0.0687. The molecule has 58 heavy (non-hydrogen) atoms. The largest absolute Gasteiger partial charge is 0.472 e. The first-order chi connectivity index (χ1) is 28.0. The van der Waals surface area contributed by atoms with Crippen LogP contribution in [0.2, 0.25) is 0 Å². The van der Waals surface area contributed by atoms with Crippen LogP contribution >= 0.6 is 7.82 Å². The van der Waals surface area contributed by atoms with Crippen molar-refractivity contribution in [2.75, 3.05) is 19.8 Å². The van der Waals surface area contributed by atoms with Gasteiger partial charge in [-0.25, -0.2) is 4.57 Å². The molecule has 1 aliphatic rings. The summed E-state index contributed by atoms with van der Waals surface area (Å²) in [5, 5.41) is 50.1. The fourth-order valence-electron chi connectivity index (χ4n) is 7.65. The van der Waals surface area contributed by atoms with E-state index in [0.29, 0.717) is 13.0 Å². The van der Waals surface area contributed by atoms with Gasteiger partial charge in [0.05, 0.1) is 13.2 Å². The monoisotopic (exact) mass is 853 g/mol. The molecule has 0 radical (unpaired) electrons. The van der Waals surface area contributed by atoms with Gasteiger partial charge in [-0.15, -0.1) is 0 Å². The number of ether oxygens (including phenoxy) is 2. The maximum atomic E-state index is 12.8. The lowest BCUT2D eigenvalue weighted by Gasteiger charge is -2.41. The van der Waals surface area contributed by atoms with Crippen molar-refractivity contribution < 1.29 is 58.3 Å². The summed E-state index contributed by atoms with van der Waals surface area (Å²) >= 11 is 0. The third kappa shape index (κ3) is 28.8. The normalized spacial score (nSPS) is 22.6. The van der Waals surface area contributed by atoms with Gasteiger partial charge in [0.1, 0.15) is 42.7 Å².